The largest absolute Gasteiger partial charge is 0.454 e. The van der Waals surface area contributed by atoms with E-state index >= 15 is 0 Å². The minimum atomic E-state index is -0.406. The van der Waals surface area contributed by atoms with Crippen LogP contribution in [0.1, 0.15) is 11.1 Å². The zero-order valence-corrected chi connectivity index (χ0v) is 11.0. The fourth-order valence-corrected chi connectivity index (χ4v) is 2.13. The molecule has 1 aliphatic heterocycles. The highest BCUT2D eigenvalue weighted by Crippen LogP contribution is 2.38. The molecule has 6 nitrogen and oxygen atoms in total. The quantitative estimate of drug-likeness (QED) is 0.781. The first-order valence-electron chi connectivity index (χ1n) is 5.98. The molecule has 0 spiro atoms. The molecule has 0 saturated heterocycles. The Hall–Kier alpha value is -2.81. The van der Waals surface area contributed by atoms with Gasteiger partial charge in [0.1, 0.15) is 6.07 Å². The number of ether oxygens (including phenoxy) is 2. The molecule has 3 rings (SSSR count). The topological polar surface area (TPSA) is 77.1 Å². The number of hydrogen-bond acceptors (Lipinski definition) is 5. The molecule has 0 bridgehead atoms. The van der Waals surface area contributed by atoms with Gasteiger partial charge in [0.15, 0.2) is 11.5 Å². The van der Waals surface area contributed by atoms with Crippen LogP contribution in [-0.4, -0.2) is 16.3 Å². The van der Waals surface area contributed by atoms with Gasteiger partial charge in [0, 0.05) is 18.8 Å². The highest BCUT2D eigenvalue weighted by molar-refractivity contribution is 5.72. The van der Waals surface area contributed by atoms with Gasteiger partial charge in [-0.3, -0.25) is 0 Å². The average Bonchev–Trinajstić information content (AvgIpc) is 2.87. The summed E-state index contributed by atoms with van der Waals surface area (Å²) in [4.78, 5) is 15.7. The van der Waals surface area contributed by atoms with Crippen molar-refractivity contribution < 1.29 is 9.47 Å². The first-order valence-corrected chi connectivity index (χ1v) is 5.98. The minimum Gasteiger partial charge on any atom is -0.454 e. The Kier molecular flexibility index (Phi) is 2.68. The third-order valence-corrected chi connectivity index (χ3v) is 3.18. The molecule has 0 N–H and O–H groups in total. The SMILES string of the molecule is Cc1cc2c(cc1-c1nc(=O)n(C)cc1C#N)OCO2. The molecule has 1 aromatic carbocycles. The van der Waals surface area contributed by atoms with E-state index in [2.05, 4.69) is 11.1 Å². The van der Waals surface area contributed by atoms with Crippen LogP contribution >= 0.6 is 0 Å². The lowest BCUT2D eigenvalue weighted by Crippen LogP contribution is -2.21. The molecular weight excluding hydrogens is 258 g/mol. The number of aromatic nitrogens is 2. The van der Waals surface area contributed by atoms with Crippen molar-refractivity contribution in [1.82, 2.24) is 9.55 Å². The van der Waals surface area contributed by atoms with Crippen LogP contribution in [0.4, 0.5) is 0 Å². The van der Waals surface area contributed by atoms with Crippen molar-refractivity contribution >= 4 is 0 Å². The number of hydrogen-bond donors (Lipinski definition) is 0. The smallest absolute Gasteiger partial charge is 0.347 e. The maximum atomic E-state index is 11.7. The second-order valence-electron chi connectivity index (χ2n) is 4.53. The van der Waals surface area contributed by atoms with Crippen molar-refractivity contribution in [3.05, 3.63) is 39.9 Å². The zero-order chi connectivity index (χ0) is 14.3. The number of fused-ring (bicyclic) bond motifs is 1. The Morgan fingerprint density at radius 1 is 1.35 bits per heavy atom. The molecule has 0 fully saturated rings. The Morgan fingerprint density at radius 3 is 2.75 bits per heavy atom. The zero-order valence-electron chi connectivity index (χ0n) is 11.0. The molecular formula is C14H11N3O3. The Bertz CT molecular complexity index is 803. The van der Waals surface area contributed by atoms with Crippen molar-refractivity contribution in [1.29, 1.82) is 5.26 Å². The maximum absolute atomic E-state index is 11.7. The molecule has 0 radical (unpaired) electrons. The first-order chi connectivity index (χ1) is 9.60. The minimum absolute atomic E-state index is 0.174. The number of benzene rings is 1. The van der Waals surface area contributed by atoms with Crippen LogP contribution in [0.5, 0.6) is 11.5 Å². The Balaban J connectivity index is 2.27. The lowest BCUT2D eigenvalue weighted by atomic mass is 10.0. The van der Waals surface area contributed by atoms with Crippen LogP contribution in [0.2, 0.25) is 0 Å². The van der Waals surface area contributed by atoms with Crippen LogP contribution in [0, 0.1) is 18.3 Å². The predicted octanol–water partition coefficient (Wildman–Crippen LogP) is 1.36. The van der Waals surface area contributed by atoms with Gasteiger partial charge in [0.2, 0.25) is 6.79 Å². The number of nitriles is 1. The molecule has 20 heavy (non-hydrogen) atoms. The third kappa shape index (κ3) is 1.80. The summed E-state index contributed by atoms with van der Waals surface area (Å²) < 4.78 is 11.9. The van der Waals surface area contributed by atoms with Gasteiger partial charge in [-0.2, -0.15) is 10.2 Å². The molecule has 0 atom stereocenters. The summed E-state index contributed by atoms with van der Waals surface area (Å²) in [6.45, 7) is 2.05. The number of rotatable bonds is 1. The fourth-order valence-electron chi connectivity index (χ4n) is 2.13. The molecule has 6 heteroatoms. The summed E-state index contributed by atoms with van der Waals surface area (Å²) in [6.07, 6.45) is 1.48. The van der Waals surface area contributed by atoms with Gasteiger partial charge in [-0.1, -0.05) is 0 Å². The van der Waals surface area contributed by atoms with Gasteiger partial charge < -0.3 is 14.0 Å². The highest BCUT2D eigenvalue weighted by atomic mass is 16.7. The normalized spacial score (nSPS) is 12.2. The number of aryl methyl sites for hydroxylation is 2. The summed E-state index contributed by atoms with van der Waals surface area (Å²) in [5.74, 6) is 1.26. The number of nitrogens with zero attached hydrogens (tertiary/aromatic N) is 3. The van der Waals surface area contributed by atoms with E-state index in [-0.39, 0.29) is 6.79 Å². The van der Waals surface area contributed by atoms with Crippen LogP contribution < -0.4 is 15.2 Å². The van der Waals surface area contributed by atoms with Gasteiger partial charge in [-0.15, -0.1) is 0 Å². The second-order valence-corrected chi connectivity index (χ2v) is 4.53. The standard InChI is InChI=1S/C14H11N3O3/c1-8-3-11-12(20-7-19-11)4-10(8)13-9(5-15)6-17(2)14(18)16-13/h3-4,6H,7H2,1-2H3. The summed E-state index contributed by atoms with van der Waals surface area (Å²) in [5, 5.41) is 9.22. The average molecular weight is 269 g/mol. The van der Waals surface area contributed by atoms with Crippen molar-refractivity contribution in [2.75, 3.05) is 6.79 Å². The summed E-state index contributed by atoms with van der Waals surface area (Å²) in [5.41, 5.74) is 1.87. The Morgan fingerprint density at radius 2 is 2.05 bits per heavy atom. The van der Waals surface area contributed by atoms with Crippen LogP contribution in [-0.2, 0) is 7.05 Å². The highest BCUT2D eigenvalue weighted by Gasteiger charge is 2.19. The van der Waals surface area contributed by atoms with E-state index in [4.69, 9.17) is 9.47 Å². The van der Waals surface area contributed by atoms with Gasteiger partial charge >= 0.3 is 5.69 Å². The molecule has 1 aliphatic rings. The van der Waals surface area contributed by atoms with E-state index < -0.39 is 5.69 Å². The van der Waals surface area contributed by atoms with Crippen LogP contribution in [0.15, 0.2) is 23.1 Å². The van der Waals surface area contributed by atoms with Crippen LogP contribution in [0.3, 0.4) is 0 Å². The molecule has 2 aromatic rings. The molecule has 1 aromatic heterocycles. The van der Waals surface area contributed by atoms with Gasteiger partial charge in [-0.05, 0) is 24.6 Å². The van der Waals surface area contributed by atoms with Gasteiger partial charge in [0.25, 0.3) is 0 Å². The molecule has 0 amide bonds. The van der Waals surface area contributed by atoms with E-state index in [1.54, 1.807) is 13.1 Å². The summed E-state index contributed by atoms with van der Waals surface area (Å²) in [6, 6.07) is 5.63. The summed E-state index contributed by atoms with van der Waals surface area (Å²) in [7, 11) is 1.56. The monoisotopic (exact) mass is 269 g/mol. The molecule has 0 unspecified atom stereocenters. The third-order valence-electron chi connectivity index (χ3n) is 3.18. The molecule has 100 valence electrons. The molecule has 0 aliphatic carbocycles. The van der Waals surface area contributed by atoms with Crippen molar-refractivity contribution in [3.63, 3.8) is 0 Å². The fraction of sp³-hybridized carbons (Fsp3) is 0.214. The summed E-state index contributed by atoms with van der Waals surface area (Å²) >= 11 is 0. The lowest BCUT2D eigenvalue weighted by molar-refractivity contribution is 0.174. The van der Waals surface area contributed by atoms with E-state index in [0.29, 0.717) is 28.3 Å². The molecule has 2 heterocycles. The molecule has 0 saturated carbocycles. The van der Waals surface area contributed by atoms with E-state index in [0.717, 1.165) is 5.56 Å². The Labute approximate surface area is 114 Å². The van der Waals surface area contributed by atoms with Crippen molar-refractivity contribution in [3.8, 4) is 28.8 Å². The maximum Gasteiger partial charge on any atom is 0.347 e. The predicted molar refractivity (Wildman–Crippen MR) is 70.5 cm³/mol. The second kappa shape index (κ2) is 4.38. The van der Waals surface area contributed by atoms with E-state index in [9.17, 15) is 10.1 Å². The lowest BCUT2D eigenvalue weighted by Gasteiger charge is -2.09. The van der Waals surface area contributed by atoms with Crippen molar-refractivity contribution in [2.24, 2.45) is 7.05 Å². The van der Waals surface area contributed by atoms with Gasteiger partial charge in [0.05, 0.1) is 11.3 Å². The van der Waals surface area contributed by atoms with Crippen molar-refractivity contribution in [2.45, 2.75) is 6.92 Å². The van der Waals surface area contributed by atoms with Crippen LogP contribution in [0.25, 0.3) is 11.3 Å². The van der Waals surface area contributed by atoms with E-state index in [1.165, 1.54) is 10.8 Å². The van der Waals surface area contributed by atoms with E-state index in [1.807, 2.05) is 13.0 Å². The van der Waals surface area contributed by atoms with Gasteiger partial charge in [-0.25, -0.2) is 4.79 Å². The first kappa shape index (κ1) is 12.2.